The first-order valence-electron chi connectivity index (χ1n) is 2.11. The van der Waals surface area contributed by atoms with Gasteiger partial charge in [-0.25, -0.2) is 0 Å². The molecule has 0 aromatic heterocycles. The van der Waals surface area contributed by atoms with Gasteiger partial charge in [0, 0.05) is 6.92 Å². The molecule has 54 valence electrons. The molecule has 0 aliphatic rings. The molecule has 0 rings (SSSR count). The number of hydrogen-bond acceptors (Lipinski definition) is 2. The lowest BCUT2D eigenvalue weighted by molar-refractivity contribution is -0.219. The van der Waals surface area contributed by atoms with Gasteiger partial charge in [-0.3, -0.25) is 4.79 Å². The van der Waals surface area contributed by atoms with Gasteiger partial charge >= 0.3 is 12.1 Å². The van der Waals surface area contributed by atoms with E-state index in [0.29, 0.717) is 6.92 Å². The van der Waals surface area contributed by atoms with Crippen LogP contribution in [0.25, 0.3) is 0 Å². The van der Waals surface area contributed by atoms with Crippen LogP contribution in [0.2, 0.25) is 0 Å². The van der Waals surface area contributed by atoms with Crippen LogP contribution < -0.4 is 0 Å². The molecule has 0 heterocycles. The van der Waals surface area contributed by atoms with E-state index in [1.165, 1.54) is 0 Å². The van der Waals surface area contributed by atoms with Crippen molar-refractivity contribution in [3.8, 4) is 0 Å². The van der Waals surface area contributed by atoms with Crippen molar-refractivity contribution in [1.82, 2.24) is 0 Å². The van der Waals surface area contributed by atoms with Crippen LogP contribution in [-0.2, 0) is 9.53 Å². The minimum Gasteiger partial charge on any atom is -0.400 e. The number of hydrogen-bond donors (Lipinski definition) is 0. The topological polar surface area (TPSA) is 26.3 Å². The van der Waals surface area contributed by atoms with E-state index in [-0.39, 0.29) is 5.33 Å². The Bertz CT molecular complexity index is 110. The zero-order valence-corrected chi connectivity index (χ0v) is 6.24. The molecular formula is C4H5BrF2O2. The third kappa shape index (κ3) is 5.68. The fraction of sp³-hybridized carbons (Fsp3) is 0.750. The Balaban J connectivity index is 3.60. The molecule has 0 amide bonds. The highest BCUT2D eigenvalue weighted by Gasteiger charge is 2.25. The number of esters is 1. The van der Waals surface area contributed by atoms with Crippen molar-refractivity contribution in [1.29, 1.82) is 0 Å². The molecule has 9 heavy (non-hydrogen) atoms. The first kappa shape index (κ1) is 8.81. The van der Waals surface area contributed by atoms with Gasteiger partial charge in [0.05, 0.1) is 0 Å². The molecule has 0 aromatic carbocycles. The average molecular weight is 203 g/mol. The fourth-order valence-corrected chi connectivity index (χ4v) is 0.342. The van der Waals surface area contributed by atoms with Gasteiger partial charge in [0.15, 0.2) is 0 Å². The van der Waals surface area contributed by atoms with Crippen molar-refractivity contribution >= 4 is 21.9 Å². The minimum atomic E-state index is -3.36. The van der Waals surface area contributed by atoms with Gasteiger partial charge in [-0.2, -0.15) is 8.78 Å². The monoisotopic (exact) mass is 202 g/mol. The molecule has 0 aromatic rings. The maximum atomic E-state index is 11.7. The van der Waals surface area contributed by atoms with Crippen LogP contribution in [0.4, 0.5) is 8.78 Å². The quantitative estimate of drug-likeness (QED) is 0.502. The Morgan fingerprint density at radius 1 is 1.78 bits per heavy atom. The highest BCUT2D eigenvalue weighted by atomic mass is 79.9. The Kier molecular flexibility index (Phi) is 3.03. The third-order valence-corrected chi connectivity index (χ3v) is 0.860. The van der Waals surface area contributed by atoms with Gasteiger partial charge in [0.2, 0.25) is 0 Å². The van der Waals surface area contributed by atoms with Crippen LogP contribution in [0.3, 0.4) is 0 Å². The Hall–Kier alpha value is -0.190. The van der Waals surface area contributed by atoms with Crippen molar-refractivity contribution in [3.63, 3.8) is 0 Å². The zero-order valence-electron chi connectivity index (χ0n) is 4.66. The van der Waals surface area contributed by atoms with Crippen LogP contribution in [-0.4, -0.2) is 17.4 Å². The lowest BCUT2D eigenvalue weighted by Gasteiger charge is -2.08. The smallest absolute Gasteiger partial charge is 0.396 e. The van der Waals surface area contributed by atoms with E-state index in [2.05, 4.69) is 20.7 Å². The molecule has 0 bridgehead atoms. The Morgan fingerprint density at radius 3 is 2.33 bits per heavy atom. The second kappa shape index (κ2) is 3.10. The first-order chi connectivity index (χ1) is 3.95. The summed E-state index contributed by atoms with van der Waals surface area (Å²) in [7, 11) is 0. The molecular weight excluding hydrogens is 198 g/mol. The van der Waals surface area contributed by atoms with Gasteiger partial charge in [-0.05, 0) is 0 Å². The van der Waals surface area contributed by atoms with E-state index in [1.54, 1.807) is 0 Å². The van der Waals surface area contributed by atoms with Gasteiger partial charge in [0.25, 0.3) is 0 Å². The van der Waals surface area contributed by atoms with Crippen LogP contribution in [0.1, 0.15) is 6.92 Å². The van der Waals surface area contributed by atoms with E-state index < -0.39 is 12.1 Å². The first-order valence-corrected chi connectivity index (χ1v) is 3.23. The molecule has 5 heteroatoms. The van der Waals surface area contributed by atoms with E-state index >= 15 is 0 Å². The van der Waals surface area contributed by atoms with Crippen LogP contribution in [0, 0.1) is 0 Å². The summed E-state index contributed by atoms with van der Waals surface area (Å²) >= 11 is 2.66. The molecule has 0 atom stereocenters. The van der Waals surface area contributed by atoms with Crippen LogP contribution in [0.15, 0.2) is 0 Å². The van der Waals surface area contributed by atoms with Crippen LogP contribution in [0.5, 0.6) is 0 Å². The summed E-state index contributed by atoms with van der Waals surface area (Å²) in [5.74, 6) is -0.970. The maximum absolute atomic E-state index is 11.7. The summed E-state index contributed by atoms with van der Waals surface area (Å²) in [5.41, 5.74) is 0. The number of carbonyl (C=O) groups is 1. The highest BCUT2D eigenvalue weighted by Crippen LogP contribution is 2.13. The summed E-state index contributed by atoms with van der Waals surface area (Å²) in [6.45, 7) is 0.508. The molecule has 0 aliphatic heterocycles. The van der Waals surface area contributed by atoms with Crippen molar-refractivity contribution in [2.75, 3.05) is 5.33 Å². The van der Waals surface area contributed by atoms with E-state index in [4.69, 9.17) is 0 Å². The number of carbonyl (C=O) groups excluding carboxylic acids is 1. The van der Waals surface area contributed by atoms with E-state index in [0.717, 1.165) is 0 Å². The van der Waals surface area contributed by atoms with E-state index in [9.17, 15) is 13.6 Å². The lowest BCUT2D eigenvalue weighted by atomic mass is 10.7. The molecule has 0 saturated heterocycles. The molecule has 0 saturated carbocycles. The third-order valence-electron chi connectivity index (χ3n) is 0.402. The summed E-state index contributed by atoms with van der Waals surface area (Å²) < 4.78 is 27.0. The van der Waals surface area contributed by atoms with Gasteiger partial charge in [-0.1, -0.05) is 15.9 Å². The summed E-state index contributed by atoms with van der Waals surface area (Å²) in [4.78, 5) is 10.1. The van der Waals surface area contributed by atoms with E-state index in [1.807, 2.05) is 0 Å². The van der Waals surface area contributed by atoms with Gasteiger partial charge in [-0.15, -0.1) is 0 Å². The number of ether oxygens (including phenoxy) is 1. The largest absolute Gasteiger partial charge is 0.400 e. The predicted molar refractivity (Wildman–Crippen MR) is 30.5 cm³/mol. The van der Waals surface area contributed by atoms with Crippen molar-refractivity contribution in [2.24, 2.45) is 0 Å². The van der Waals surface area contributed by atoms with Gasteiger partial charge in [0.1, 0.15) is 5.33 Å². The number of rotatable bonds is 2. The summed E-state index contributed by atoms with van der Waals surface area (Å²) in [6.07, 6.45) is -3.36. The van der Waals surface area contributed by atoms with Crippen molar-refractivity contribution in [2.45, 2.75) is 13.0 Å². The summed E-state index contributed by atoms with van der Waals surface area (Å²) in [6, 6.07) is 0. The average Bonchev–Trinajstić information content (AvgIpc) is 1.62. The summed E-state index contributed by atoms with van der Waals surface area (Å²) in [5, 5.41) is -0.212. The second-order valence-electron chi connectivity index (χ2n) is 1.42. The maximum Gasteiger partial charge on any atom is 0.396 e. The Labute approximate surface area is 59.3 Å². The SMILES string of the molecule is CC(F)(F)OC(=O)CBr. The standard InChI is InChI=1S/C4H5BrF2O2/c1-4(6,7)9-3(8)2-5/h2H2,1H3. The molecule has 0 aliphatic carbocycles. The Morgan fingerprint density at radius 2 is 2.22 bits per heavy atom. The molecule has 0 spiro atoms. The highest BCUT2D eigenvalue weighted by molar-refractivity contribution is 9.09. The molecule has 0 unspecified atom stereocenters. The normalized spacial score (nSPS) is 11.1. The second-order valence-corrected chi connectivity index (χ2v) is 1.98. The molecule has 0 radical (unpaired) electrons. The minimum absolute atomic E-state index is 0.212. The lowest BCUT2D eigenvalue weighted by Crippen LogP contribution is -2.21. The van der Waals surface area contributed by atoms with Crippen LogP contribution >= 0.6 is 15.9 Å². The fourth-order valence-electron chi connectivity index (χ4n) is 0.227. The molecule has 0 fully saturated rings. The van der Waals surface area contributed by atoms with Gasteiger partial charge < -0.3 is 4.74 Å². The van der Waals surface area contributed by atoms with Crippen molar-refractivity contribution < 1.29 is 18.3 Å². The molecule has 0 N–H and O–H groups in total. The zero-order chi connectivity index (χ0) is 7.49. The van der Waals surface area contributed by atoms with Crippen molar-refractivity contribution in [3.05, 3.63) is 0 Å². The predicted octanol–water partition coefficient (Wildman–Crippen LogP) is 1.54. The number of halogens is 3. The number of alkyl halides is 3. The molecule has 2 nitrogen and oxygen atoms in total.